The van der Waals surface area contributed by atoms with Crippen LogP contribution in [0.25, 0.3) is 0 Å². The Kier molecular flexibility index (Phi) is 5.50. The van der Waals surface area contributed by atoms with Crippen molar-refractivity contribution in [3.05, 3.63) is 33.8 Å². The molecule has 3 rings (SSSR count). The summed E-state index contributed by atoms with van der Waals surface area (Å²) in [4.78, 5) is 2.39. The van der Waals surface area contributed by atoms with E-state index < -0.39 is 10.0 Å². The fourth-order valence-corrected chi connectivity index (χ4v) is 5.13. The van der Waals surface area contributed by atoms with E-state index >= 15 is 0 Å². The summed E-state index contributed by atoms with van der Waals surface area (Å²) in [6.45, 7) is 5.12. The average molecular weight is 378 g/mol. The second-order valence-corrected chi connectivity index (χ2v) is 8.87. The second-order valence-electron chi connectivity index (χ2n) is 6.09. The maximum absolute atomic E-state index is 12.6. The van der Waals surface area contributed by atoms with Crippen molar-refractivity contribution in [1.82, 2.24) is 14.5 Å². The molecule has 8 heteroatoms. The van der Waals surface area contributed by atoms with Gasteiger partial charge in [0.1, 0.15) is 0 Å². The molecule has 0 aliphatic carbocycles. The van der Waals surface area contributed by atoms with Gasteiger partial charge in [-0.15, -0.1) is 0 Å². The lowest BCUT2D eigenvalue weighted by molar-refractivity contribution is 0.179. The summed E-state index contributed by atoms with van der Waals surface area (Å²) in [5, 5.41) is 4.15. The Morgan fingerprint density at radius 1 is 1.13 bits per heavy atom. The first-order valence-electron chi connectivity index (χ1n) is 7.82. The Bertz CT molecular complexity index is 663. The molecule has 2 heterocycles. The summed E-state index contributed by atoms with van der Waals surface area (Å²) in [6, 6.07) is 5.32. The van der Waals surface area contributed by atoms with Gasteiger partial charge in [0.05, 0.1) is 15.8 Å². The highest BCUT2D eigenvalue weighted by atomic mass is 35.5. The van der Waals surface area contributed by atoms with Gasteiger partial charge in [-0.05, 0) is 24.1 Å². The molecule has 1 atom stereocenters. The van der Waals surface area contributed by atoms with Crippen LogP contribution in [0.15, 0.2) is 18.2 Å². The molecule has 0 saturated carbocycles. The third kappa shape index (κ3) is 4.18. The van der Waals surface area contributed by atoms with Crippen LogP contribution >= 0.6 is 23.2 Å². The monoisotopic (exact) mass is 377 g/mol. The Labute approximate surface area is 147 Å². The van der Waals surface area contributed by atoms with Gasteiger partial charge in [-0.3, -0.25) is 4.90 Å². The minimum absolute atomic E-state index is 0.0296. The summed E-state index contributed by atoms with van der Waals surface area (Å²) in [6.07, 6.45) is 0.903. The number of hydrogen-bond acceptors (Lipinski definition) is 4. The fraction of sp³-hybridized carbons (Fsp3) is 0.600. The number of piperazine rings is 1. The number of sulfonamides is 1. The second kappa shape index (κ2) is 7.25. The standard InChI is InChI=1S/C15H21Cl2N3O2S/c16-14-2-1-12(9-15(14)17)11-23(21,22)20-6-3-13(10-20)19-7-4-18-5-8-19/h1-2,9,13,18H,3-8,10-11H2. The first kappa shape index (κ1) is 17.5. The lowest BCUT2D eigenvalue weighted by atomic mass is 10.2. The molecule has 2 aliphatic heterocycles. The van der Waals surface area contributed by atoms with Crippen LogP contribution in [0, 0.1) is 0 Å². The maximum atomic E-state index is 12.6. The molecule has 0 bridgehead atoms. The minimum Gasteiger partial charge on any atom is -0.314 e. The highest BCUT2D eigenvalue weighted by Crippen LogP contribution is 2.26. The zero-order valence-electron chi connectivity index (χ0n) is 12.8. The molecule has 1 unspecified atom stereocenters. The van der Waals surface area contributed by atoms with Crippen molar-refractivity contribution in [2.75, 3.05) is 39.3 Å². The Balaban J connectivity index is 1.64. The van der Waals surface area contributed by atoms with E-state index in [0.717, 1.165) is 32.6 Å². The van der Waals surface area contributed by atoms with Crippen molar-refractivity contribution in [3.63, 3.8) is 0 Å². The van der Waals surface area contributed by atoms with Crippen molar-refractivity contribution in [2.45, 2.75) is 18.2 Å². The third-order valence-electron chi connectivity index (χ3n) is 4.52. The van der Waals surface area contributed by atoms with Gasteiger partial charge in [0.2, 0.25) is 10.0 Å². The van der Waals surface area contributed by atoms with Crippen molar-refractivity contribution in [3.8, 4) is 0 Å². The molecule has 128 valence electrons. The van der Waals surface area contributed by atoms with E-state index in [2.05, 4.69) is 10.2 Å². The number of hydrogen-bond donors (Lipinski definition) is 1. The number of nitrogens with one attached hydrogen (secondary N) is 1. The van der Waals surface area contributed by atoms with Gasteiger partial charge in [0, 0.05) is 45.3 Å². The van der Waals surface area contributed by atoms with Crippen molar-refractivity contribution >= 4 is 33.2 Å². The van der Waals surface area contributed by atoms with E-state index in [1.165, 1.54) is 0 Å². The van der Waals surface area contributed by atoms with E-state index in [0.29, 0.717) is 34.7 Å². The molecule has 5 nitrogen and oxygen atoms in total. The normalized spacial score (nSPS) is 24.2. The Hall–Kier alpha value is -0.370. The van der Waals surface area contributed by atoms with Crippen LogP contribution in [0.1, 0.15) is 12.0 Å². The minimum atomic E-state index is -3.32. The maximum Gasteiger partial charge on any atom is 0.218 e. The molecule has 1 aromatic carbocycles. The molecule has 0 amide bonds. The van der Waals surface area contributed by atoms with Gasteiger partial charge >= 0.3 is 0 Å². The van der Waals surface area contributed by atoms with Crippen LogP contribution in [-0.2, 0) is 15.8 Å². The molecular formula is C15H21Cl2N3O2S. The SMILES string of the molecule is O=S(=O)(Cc1ccc(Cl)c(Cl)c1)N1CCC(N2CCNCC2)C1. The predicted octanol–water partition coefficient (Wildman–Crippen LogP) is 1.80. The third-order valence-corrected chi connectivity index (χ3v) is 7.08. The largest absolute Gasteiger partial charge is 0.314 e. The van der Waals surface area contributed by atoms with Gasteiger partial charge < -0.3 is 5.32 Å². The highest BCUT2D eigenvalue weighted by molar-refractivity contribution is 7.88. The highest BCUT2D eigenvalue weighted by Gasteiger charge is 2.34. The molecule has 1 aromatic rings. The molecule has 2 fully saturated rings. The lowest BCUT2D eigenvalue weighted by Crippen LogP contribution is -2.49. The molecule has 2 saturated heterocycles. The van der Waals surface area contributed by atoms with Crippen LogP contribution in [0.4, 0.5) is 0 Å². The molecule has 0 spiro atoms. The van der Waals surface area contributed by atoms with Crippen LogP contribution in [0.3, 0.4) is 0 Å². The van der Waals surface area contributed by atoms with Crippen LogP contribution in [-0.4, -0.2) is 62.9 Å². The lowest BCUT2D eigenvalue weighted by Gasteiger charge is -2.32. The molecule has 0 radical (unpaired) electrons. The first-order chi connectivity index (χ1) is 11.0. The zero-order chi connectivity index (χ0) is 16.4. The summed E-state index contributed by atoms with van der Waals surface area (Å²) in [7, 11) is -3.32. The molecule has 23 heavy (non-hydrogen) atoms. The van der Waals surface area contributed by atoms with Crippen molar-refractivity contribution in [2.24, 2.45) is 0 Å². The summed E-state index contributed by atoms with van der Waals surface area (Å²) in [5.74, 6) is -0.0296. The smallest absolute Gasteiger partial charge is 0.218 e. The molecule has 2 aliphatic rings. The van der Waals surface area contributed by atoms with Gasteiger partial charge in [0.25, 0.3) is 0 Å². The summed E-state index contributed by atoms with van der Waals surface area (Å²) < 4.78 is 26.9. The Morgan fingerprint density at radius 2 is 1.87 bits per heavy atom. The first-order valence-corrected chi connectivity index (χ1v) is 10.2. The van der Waals surface area contributed by atoms with E-state index in [1.807, 2.05) is 0 Å². The quantitative estimate of drug-likeness (QED) is 0.868. The van der Waals surface area contributed by atoms with E-state index in [-0.39, 0.29) is 5.75 Å². The predicted molar refractivity (Wildman–Crippen MR) is 93.5 cm³/mol. The van der Waals surface area contributed by atoms with Crippen molar-refractivity contribution < 1.29 is 8.42 Å². The van der Waals surface area contributed by atoms with E-state index in [9.17, 15) is 8.42 Å². The van der Waals surface area contributed by atoms with Gasteiger partial charge in [-0.1, -0.05) is 29.3 Å². The molecule has 1 N–H and O–H groups in total. The topological polar surface area (TPSA) is 52.7 Å². The van der Waals surface area contributed by atoms with Crippen LogP contribution < -0.4 is 5.32 Å². The number of halogens is 2. The van der Waals surface area contributed by atoms with Gasteiger partial charge in [0.15, 0.2) is 0 Å². The fourth-order valence-electron chi connectivity index (χ4n) is 3.24. The average Bonchev–Trinajstić information content (AvgIpc) is 3.02. The molecular weight excluding hydrogens is 357 g/mol. The van der Waals surface area contributed by atoms with Crippen molar-refractivity contribution in [1.29, 1.82) is 0 Å². The zero-order valence-corrected chi connectivity index (χ0v) is 15.2. The summed E-state index contributed by atoms with van der Waals surface area (Å²) in [5.41, 5.74) is 0.671. The van der Waals surface area contributed by atoms with Gasteiger partial charge in [-0.2, -0.15) is 0 Å². The Morgan fingerprint density at radius 3 is 2.57 bits per heavy atom. The molecule has 0 aromatic heterocycles. The number of benzene rings is 1. The summed E-state index contributed by atoms with van der Waals surface area (Å²) >= 11 is 11.9. The number of nitrogens with zero attached hydrogens (tertiary/aromatic N) is 2. The van der Waals surface area contributed by atoms with Crippen LogP contribution in [0.2, 0.25) is 10.0 Å². The van der Waals surface area contributed by atoms with Gasteiger partial charge in [-0.25, -0.2) is 12.7 Å². The van der Waals surface area contributed by atoms with E-state index in [1.54, 1.807) is 22.5 Å². The number of rotatable bonds is 4. The van der Waals surface area contributed by atoms with E-state index in [4.69, 9.17) is 23.2 Å². The van der Waals surface area contributed by atoms with Crippen LogP contribution in [0.5, 0.6) is 0 Å².